The van der Waals surface area contributed by atoms with E-state index < -0.39 is 23.1 Å². The Morgan fingerprint density at radius 2 is 1.97 bits per heavy atom. The van der Waals surface area contributed by atoms with Crippen LogP contribution in [0.15, 0.2) is 18.2 Å². The molecule has 0 spiro atoms. The van der Waals surface area contributed by atoms with Gasteiger partial charge < -0.3 is 19.6 Å². The van der Waals surface area contributed by atoms with Gasteiger partial charge in [0.15, 0.2) is 6.73 Å². The summed E-state index contributed by atoms with van der Waals surface area (Å²) in [5, 5.41) is 9.42. The predicted octanol–water partition coefficient (Wildman–Crippen LogP) is 4.62. The second-order valence-electron chi connectivity index (χ2n) is 10.5. The van der Waals surface area contributed by atoms with Crippen molar-refractivity contribution in [3.05, 3.63) is 29.3 Å². The summed E-state index contributed by atoms with van der Waals surface area (Å²) in [5.74, 6) is -0.657. The van der Waals surface area contributed by atoms with Crippen molar-refractivity contribution in [1.82, 2.24) is 9.80 Å². The minimum Gasteiger partial charge on any atom is -0.481 e. The SMILES string of the molecule is CC(C)[C@]1(C(=O)N2COc3ccc(C(F)(F)F)cc3C2)CC[C@@H](N2CC[C@H](C(=O)O)[C@H](C)C2)C1. The number of aliphatic carboxylic acids is 1. The lowest BCUT2D eigenvalue weighted by Crippen LogP contribution is -2.50. The third kappa shape index (κ3) is 4.51. The first-order chi connectivity index (χ1) is 15.9. The van der Waals surface area contributed by atoms with E-state index in [-0.39, 0.29) is 43.0 Å². The maximum Gasteiger partial charge on any atom is 0.416 e. The van der Waals surface area contributed by atoms with Crippen LogP contribution in [0.5, 0.6) is 5.75 Å². The van der Waals surface area contributed by atoms with E-state index in [0.29, 0.717) is 43.7 Å². The fourth-order valence-corrected chi connectivity index (χ4v) is 6.07. The molecule has 0 aromatic heterocycles. The molecule has 4 rings (SSSR count). The zero-order valence-corrected chi connectivity index (χ0v) is 19.9. The number of carboxylic acid groups (broad SMARTS) is 1. The first kappa shape index (κ1) is 24.8. The van der Waals surface area contributed by atoms with Crippen molar-refractivity contribution in [2.45, 2.75) is 65.2 Å². The van der Waals surface area contributed by atoms with Crippen LogP contribution in [0.3, 0.4) is 0 Å². The molecule has 1 aromatic rings. The number of halogens is 3. The molecule has 0 unspecified atom stereocenters. The molecule has 0 bridgehead atoms. The van der Waals surface area contributed by atoms with E-state index in [2.05, 4.69) is 4.90 Å². The van der Waals surface area contributed by atoms with Gasteiger partial charge in [-0.25, -0.2) is 0 Å². The minimum atomic E-state index is -4.45. The molecule has 1 aliphatic carbocycles. The zero-order chi connectivity index (χ0) is 24.8. The molecule has 1 amide bonds. The van der Waals surface area contributed by atoms with Gasteiger partial charge in [-0.2, -0.15) is 13.2 Å². The fraction of sp³-hybridized carbons (Fsp3) is 0.680. The number of hydrogen-bond acceptors (Lipinski definition) is 4. The highest BCUT2D eigenvalue weighted by atomic mass is 19.4. The number of likely N-dealkylation sites (tertiary alicyclic amines) is 1. The molecular formula is C25H33F3N2O4. The number of rotatable bonds is 4. The van der Waals surface area contributed by atoms with E-state index >= 15 is 0 Å². The largest absolute Gasteiger partial charge is 0.481 e. The van der Waals surface area contributed by atoms with Crippen LogP contribution in [0.25, 0.3) is 0 Å². The van der Waals surface area contributed by atoms with Crippen LogP contribution in [0.2, 0.25) is 0 Å². The molecule has 9 heteroatoms. The quantitative estimate of drug-likeness (QED) is 0.678. The second-order valence-corrected chi connectivity index (χ2v) is 10.5. The second kappa shape index (κ2) is 9.06. The van der Waals surface area contributed by atoms with Gasteiger partial charge in [-0.05, 0) is 62.3 Å². The number of alkyl halides is 3. The van der Waals surface area contributed by atoms with Crippen molar-refractivity contribution in [2.75, 3.05) is 19.8 Å². The van der Waals surface area contributed by atoms with E-state index in [9.17, 15) is 27.9 Å². The molecule has 2 fully saturated rings. The third-order valence-corrected chi connectivity index (χ3v) is 8.24. The summed E-state index contributed by atoms with van der Waals surface area (Å²) >= 11 is 0. The number of nitrogens with zero attached hydrogens (tertiary/aromatic N) is 2. The van der Waals surface area contributed by atoms with Gasteiger partial charge in [0.1, 0.15) is 5.75 Å². The lowest BCUT2D eigenvalue weighted by Gasteiger charge is -2.41. The highest BCUT2D eigenvalue weighted by molar-refractivity contribution is 5.83. The molecule has 6 nitrogen and oxygen atoms in total. The average Bonchev–Trinajstić information content (AvgIpc) is 3.24. The van der Waals surface area contributed by atoms with Crippen molar-refractivity contribution in [3.63, 3.8) is 0 Å². The highest BCUT2D eigenvalue weighted by Crippen LogP contribution is 2.49. The summed E-state index contributed by atoms with van der Waals surface area (Å²) in [5.41, 5.74) is -0.991. The van der Waals surface area contributed by atoms with Gasteiger partial charge in [0.05, 0.1) is 23.4 Å². The lowest BCUT2D eigenvalue weighted by atomic mass is 9.74. The average molecular weight is 483 g/mol. The molecule has 188 valence electrons. The maximum atomic E-state index is 13.8. The topological polar surface area (TPSA) is 70.1 Å². The Hall–Kier alpha value is -2.29. The molecule has 2 aliphatic heterocycles. The van der Waals surface area contributed by atoms with Crippen molar-refractivity contribution in [2.24, 2.45) is 23.2 Å². The Balaban J connectivity index is 1.49. The molecular weight excluding hydrogens is 449 g/mol. The minimum absolute atomic E-state index is 0.0252. The van der Waals surface area contributed by atoms with Crippen LogP contribution in [-0.4, -0.2) is 52.6 Å². The number of ether oxygens (including phenoxy) is 1. The van der Waals surface area contributed by atoms with Gasteiger partial charge in [-0.1, -0.05) is 20.8 Å². The number of carboxylic acids is 1. The fourth-order valence-electron chi connectivity index (χ4n) is 6.07. The molecule has 1 aromatic carbocycles. The Labute approximate surface area is 198 Å². The molecule has 2 heterocycles. The van der Waals surface area contributed by atoms with Crippen LogP contribution in [0.1, 0.15) is 57.6 Å². The Kier molecular flexibility index (Phi) is 6.61. The molecule has 1 N–H and O–H groups in total. The number of carbonyl (C=O) groups is 2. The first-order valence-corrected chi connectivity index (χ1v) is 12.0. The van der Waals surface area contributed by atoms with Gasteiger partial charge in [-0.15, -0.1) is 0 Å². The van der Waals surface area contributed by atoms with Crippen LogP contribution in [-0.2, 0) is 22.3 Å². The van der Waals surface area contributed by atoms with E-state index in [4.69, 9.17) is 4.74 Å². The number of carbonyl (C=O) groups excluding carboxylic acids is 1. The standard InChI is InChI=1S/C25H33F3N2O4/c1-15(2)24(8-6-19(11-24)29-9-7-20(22(31)32)16(3)12-29)23(33)30-13-17-10-18(25(26,27)28)4-5-21(17)34-14-30/h4-5,10,15-16,19-20H,6-9,11-14H2,1-3H3,(H,31,32)/t16-,19-,20+,24+/m1/s1. The Morgan fingerprint density at radius 1 is 1.24 bits per heavy atom. The molecule has 4 atom stereocenters. The highest BCUT2D eigenvalue weighted by Gasteiger charge is 2.51. The number of amides is 1. The summed E-state index contributed by atoms with van der Waals surface area (Å²) in [6.45, 7) is 7.55. The summed E-state index contributed by atoms with van der Waals surface area (Å²) in [6.07, 6.45) is -1.64. The van der Waals surface area contributed by atoms with Crippen molar-refractivity contribution in [1.29, 1.82) is 0 Å². The van der Waals surface area contributed by atoms with Crippen LogP contribution in [0, 0.1) is 23.2 Å². The van der Waals surface area contributed by atoms with E-state index in [1.54, 1.807) is 4.90 Å². The van der Waals surface area contributed by atoms with Crippen molar-refractivity contribution >= 4 is 11.9 Å². The van der Waals surface area contributed by atoms with Crippen LogP contribution < -0.4 is 4.74 Å². The zero-order valence-electron chi connectivity index (χ0n) is 19.9. The van der Waals surface area contributed by atoms with Gasteiger partial charge in [0.2, 0.25) is 5.91 Å². The van der Waals surface area contributed by atoms with Crippen molar-refractivity contribution in [3.8, 4) is 5.75 Å². The van der Waals surface area contributed by atoms with E-state index in [1.165, 1.54) is 6.07 Å². The molecule has 3 aliphatic rings. The first-order valence-electron chi connectivity index (χ1n) is 12.0. The van der Waals surface area contributed by atoms with Gasteiger partial charge in [-0.3, -0.25) is 9.59 Å². The van der Waals surface area contributed by atoms with E-state index in [0.717, 1.165) is 18.6 Å². The Bertz CT molecular complexity index is 951. The lowest BCUT2D eigenvalue weighted by molar-refractivity contribution is -0.150. The van der Waals surface area contributed by atoms with Gasteiger partial charge in [0, 0.05) is 18.2 Å². The number of piperidine rings is 1. The summed E-state index contributed by atoms with van der Waals surface area (Å²) in [4.78, 5) is 29.2. The molecule has 0 radical (unpaired) electrons. The van der Waals surface area contributed by atoms with Gasteiger partial charge in [0.25, 0.3) is 0 Å². The Morgan fingerprint density at radius 3 is 2.59 bits per heavy atom. The molecule has 34 heavy (non-hydrogen) atoms. The summed E-state index contributed by atoms with van der Waals surface area (Å²) in [6, 6.07) is 3.59. The molecule has 1 saturated carbocycles. The predicted molar refractivity (Wildman–Crippen MR) is 119 cm³/mol. The summed E-state index contributed by atoms with van der Waals surface area (Å²) in [7, 11) is 0. The smallest absolute Gasteiger partial charge is 0.416 e. The van der Waals surface area contributed by atoms with Crippen LogP contribution >= 0.6 is 0 Å². The molecule has 1 saturated heterocycles. The third-order valence-electron chi connectivity index (χ3n) is 8.24. The van der Waals surface area contributed by atoms with Crippen molar-refractivity contribution < 1.29 is 32.6 Å². The number of hydrogen-bond donors (Lipinski definition) is 1. The van der Waals surface area contributed by atoms with Gasteiger partial charge >= 0.3 is 12.1 Å². The normalized spacial score (nSPS) is 30.2. The number of fused-ring (bicyclic) bond motifs is 1. The monoisotopic (exact) mass is 482 g/mol. The number of benzene rings is 1. The van der Waals surface area contributed by atoms with Crippen LogP contribution in [0.4, 0.5) is 13.2 Å². The summed E-state index contributed by atoms with van der Waals surface area (Å²) < 4.78 is 45.2. The maximum absolute atomic E-state index is 13.8. The van der Waals surface area contributed by atoms with E-state index in [1.807, 2.05) is 20.8 Å².